The van der Waals surface area contributed by atoms with Gasteiger partial charge in [0.2, 0.25) is 0 Å². The fourth-order valence-electron chi connectivity index (χ4n) is 2.12. The van der Waals surface area contributed by atoms with Crippen molar-refractivity contribution in [2.24, 2.45) is 0 Å². The van der Waals surface area contributed by atoms with Crippen LogP contribution in [0.5, 0.6) is 11.5 Å². The molecule has 0 aliphatic carbocycles. The lowest BCUT2D eigenvalue weighted by Gasteiger charge is -2.19. The summed E-state index contributed by atoms with van der Waals surface area (Å²) in [5.74, 6) is 1.22. The maximum Gasteiger partial charge on any atom is 0.271 e. The van der Waals surface area contributed by atoms with Crippen LogP contribution >= 0.6 is 11.8 Å². The number of aromatic nitrogens is 2. The Kier molecular flexibility index (Phi) is 5.32. The molecule has 0 atom stereocenters. The standard InChI is InChI=1S/C15H19N3O3S/c1-18(15(19)11-5-6-16-17-11)9-10-7-12(20-2)13(21-3)8-14(10)22-4/h5-8H,9H2,1-4H3,(H,16,17). The number of carbonyl (C=O) groups excluding carboxylic acids is 1. The highest BCUT2D eigenvalue weighted by Crippen LogP contribution is 2.35. The number of nitrogens with one attached hydrogen (secondary N) is 1. The first-order chi connectivity index (χ1) is 10.6. The van der Waals surface area contributed by atoms with E-state index in [1.54, 1.807) is 50.2 Å². The van der Waals surface area contributed by atoms with Crippen molar-refractivity contribution in [3.05, 3.63) is 35.7 Å². The van der Waals surface area contributed by atoms with E-state index in [9.17, 15) is 4.79 Å². The summed E-state index contributed by atoms with van der Waals surface area (Å²) < 4.78 is 10.6. The van der Waals surface area contributed by atoms with Gasteiger partial charge in [-0.3, -0.25) is 9.89 Å². The van der Waals surface area contributed by atoms with Gasteiger partial charge in [0.1, 0.15) is 5.69 Å². The van der Waals surface area contributed by atoms with Gasteiger partial charge in [-0.15, -0.1) is 11.8 Å². The highest BCUT2D eigenvalue weighted by Gasteiger charge is 2.17. The third-order valence-corrected chi connectivity index (χ3v) is 4.09. The zero-order chi connectivity index (χ0) is 16.1. The molecule has 0 saturated carbocycles. The lowest BCUT2D eigenvalue weighted by molar-refractivity contribution is 0.0778. The van der Waals surface area contributed by atoms with Crippen LogP contribution in [-0.4, -0.2) is 48.5 Å². The van der Waals surface area contributed by atoms with E-state index in [1.165, 1.54) is 0 Å². The van der Waals surface area contributed by atoms with Crippen LogP contribution < -0.4 is 9.47 Å². The minimum absolute atomic E-state index is 0.112. The van der Waals surface area contributed by atoms with Crippen LogP contribution in [0, 0.1) is 0 Å². The molecule has 0 aliphatic rings. The molecular weight excluding hydrogens is 302 g/mol. The molecule has 1 aromatic heterocycles. The number of hydrogen-bond donors (Lipinski definition) is 1. The molecular formula is C15H19N3O3S. The molecule has 118 valence electrons. The molecule has 0 saturated heterocycles. The Labute approximate surface area is 133 Å². The van der Waals surface area contributed by atoms with Crippen molar-refractivity contribution in [3.63, 3.8) is 0 Å². The van der Waals surface area contributed by atoms with Gasteiger partial charge < -0.3 is 14.4 Å². The highest BCUT2D eigenvalue weighted by molar-refractivity contribution is 7.98. The zero-order valence-corrected chi connectivity index (χ0v) is 13.9. The number of carbonyl (C=O) groups is 1. The van der Waals surface area contributed by atoms with Gasteiger partial charge in [0.05, 0.1) is 14.2 Å². The molecule has 0 unspecified atom stereocenters. The average molecular weight is 321 g/mol. The predicted molar refractivity (Wildman–Crippen MR) is 85.7 cm³/mol. The van der Waals surface area contributed by atoms with Gasteiger partial charge in [0.25, 0.3) is 5.91 Å². The number of nitrogens with zero attached hydrogens (tertiary/aromatic N) is 2. The first-order valence-corrected chi connectivity index (χ1v) is 7.87. The molecule has 0 bridgehead atoms. The number of methoxy groups -OCH3 is 2. The van der Waals surface area contributed by atoms with Crippen molar-refractivity contribution < 1.29 is 14.3 Å². The second-order valence-electron chi connectivity index (χ2n) is 4.65. The van der Waals surface area contributed by atoms with Crippen LogP contribution in [0.2, 0.25) is 0 Å². The summed E-state index contributed by atoms with van der Waals surface area (Å²) in [7, 11) is 4.96. The Balaban J connectivity index is 2.26. The summed E-state index contributed by atoms with van der Waals surface area (Å²) >= 11 is 1.60. The second-order valence-corrected chi connectivity index (χ2v) is 5.50. The van der Waals surface area contributed by atoms with E-state index in [-0.39, 0.29) is 5.91 Å². The van der Waals surface area contributed by atoms with Crippen molar-refractivity contribution in [2.75, 3.05) is 27.5 Å². The molecule has 2 rings (SSSR count). The van der Waals surface area contributed by atoms with E-state index in [1.807, 2.05) is 18.4 Å². The highest BCUT2D eigenvalue weighted by atomic mass is 32.2. The largest absolute Gasteiger partial charge is 0.493 e. The molecule has 1 N–H and O–H groups in total. The molecule has 6 nitrogen and oxygen atoms in total. The molecule has 1 amide bonds. The Morgan fingerprint density at radius 1 is 1.32 bits per heavy atom. The van der Waals surface area contributed by atoms with E-state index >= 15 is 0 Å². The smallest absolute Gasteiger partial charge is 0.271 e. The Morgan fingerprint density at radius 2 is 2.00 bits per heavy atom. The number of amides is 1. The summed E-state index contributed by atoms with van der Waals surface area (Å²) in [5, 5.41) is 6.49. The molecule has 0 radical (unpaired) electrons. The van der Waals surface area contributed by atoms with E-state index in [4.69, 9.17) is 9.47 Å². The fraction of sp³-hybridized carbons (Fsp3) is 0.333. The summed E-state index contributed by atoms with van der Waals surface area (Å²) in [6, 6.07) is 5.48. The molecule has 1 aromatic carbocycles. The normalized spacial score (nSPS) is 10.4. The molecule has 0 spiro atoms. The Morgan fingerprint density at radius 3 is 2.55 bits per heavy atom. The lowest BCUT2D eigenvalue weighted by atomic mass is 10.2. The third kappa shape index (κ3) is 3.36. The van der Waals surface area contributed by atoms with Gasteiger partial charge in [0, 0.05) is 24.7 Å². The summed E-state index contributed by atoms with van der Waals surface area (Å²) in [4.78, 5) is 15.0. The van der Waals surface area contributed by atoms with Gasteiger partial charge in [-0.05, 0) is 30.0 Å². The van der Waals surface area contributed by atoms with Crippen LogP contribution in [-0.2, 0) is 6.54 Å². The van der Waals surface area contributed by atoms with Crippen molar-refractivity contribution >= 4 is 17.7 Å². The van der Waals surface area contributed by atoms with E-state index in [0.29, 0.717) is 23.7 Å². The van der Waals surface area contributed by atoms with Crippen molar-refractivity contribution in [2.45, 2.75) is 11.4 Å². The molecule has 7 heteroatoms. The topological polar surface area (TPSA) is 67.5 Å². The third-order valence-electron chi connectivity index (χ3n) is 3.27. The van der Waals surface area contributed by atoms with Gasteiger partial charge in [-0.2, -0.15) is 5.10 Å². The maximum atomic E-state index is 12.3. The second kappa shape index (κ2) is 7.22. The molecule has 22 heavy (non-hydrogen) atoms. The SMILES string of the molecule is COc1cc(CN(C)C(=O)c2ccn[nH]2)c(SC)cc1OC. The Bertz CT molecular complexity index is 644. The minimum atomic E-state index is -0.112. The van der Waals surface area contributed by atoms with Crippen LogP contribution in [0.25, 0.3) is 0 Å². The van der Waals surface area contributed by atoms with Gasteiger partial charge in [-0.25, -0.2) is 0 Å². The van der Waals surface area contributed by atoms with Crippen molar-refractivity contribution in [1.82, 2.24) is 15.1 Å². The Hall–Kier alpha value is -2.15. The number of thioether (sulfide) groups is 1. The molecule has 0 aliphatic heterocycles. The minimum Gasteiger partial charge on any atom is -0.493 e. The quantitative estimate of drug-likeness (QED) is 0.828. The average Bonchev–Trinajstić information content (AvgIpc) is 3.07. The molecule has 2 aromatic rings. The monoisotopic (exact) mass is 321 g/mol. The number of hydrogen-bond acceptors (Lipinski definition) is 5. The summed E-state index contributed by atoms with van der Waals surface area (Å²) in [6.07, 6.45) is 3.55. The first-order valence-electron chi connectivity index (χ1n) is 6.64. The number of ether oxygens (including phenoxy) is 2. The van der Waals surface area contributed by atoms with Gasteiger partial charge in [-0.1, -0.05) is 0 Å². The number of H-pyrrole nitrogens is 1. The van der Waals surface area contributed by atoms with Crippen LogP contribution in [0.1, 0.15) is 16.1 Å². The predicted octanol–water partition coefficient (Wildman–Crippen LogP) is 2.42. The lowest BCUT2D eigenvalue weighted by Crippen LogP contribution is -2.26. The zero-order valence-electron chi connectivity index (χ0n) is 13.0. The maximum absolute atomic E-state index is 12.3. The summed E-state index contributed by atoms with van der Waals surface area (Å²) in [5.41, 5.74) is 1.47. The van der Waals surface area contributed by atoms with Crippen molar-refractivity contribution in [3.8, 4) is 11.5 Å². The van der Waals surface area contributed by atoms with E-state index in [0.717, 1.165) is 10.5 Å². The summed E-state index contributed by atoms with van der Waals surface area (Å²) in [6.45, 7) is 0.467. The van der Waals surface area contributed by atoms with Gasteiger partial charge >= 0.3 is 0 Å². The number of rotatable bonds is 6. The first kappa shape index (κ1) is 16.2. The van der Waals surface area contributed by atoms with Crippen LogP contribution in [0.3, 0.4) is 0 Å². The van der Waals surface area contributed by atoms with E-state index < -0.39 is 0 Å². The molecule has 0 fully saturated rings. The number of aromatic amines is 1. The van der Waals surface area contributed by atoms with Crippen LogP contribution in [0.4, 0.5) is 0 Å². The number of benzene rings is 1. The van der Waals surface area contributed by atoms with Crippen molar-refractivity contribution in [1.29, 1.82) is 0 Å². The fourth-order valence-corrected chi connectivity index (χ4v) is 2.73. The van der Waals surface area contributed by atoms with E-state index in [2.05, 4.69) is 10.2 Å². The van der Waals surface area contributed by atoms with Crippen LogP contribution in [0.15, 0.2) is 29.3 Å². The van der Waals surface area contributed by atoms with Gasteiger partial charge in [0.15, 0.2) is 11.5 Å². The molecule has 1 heterocycles.